The Morgan fingerprint density at radius 3 is 2.76 bits per heavy atom. The average Bonchev–Trinajstić information content (AvgIpc) is 2.29. The monoisotopic (exact) mass is 317 g/mol. The molecule has 4 heteroatoms. The predicted octanol–water partition coefficient (Wildman–Crippen LogP) is 3.76. The van der Waals surface area contributed by atoms with Gasteiger partial charge in [0.25, 0.3) is 0 Å². The van der Waals surface area contributed by atoms with Crippen LogP contribution < -0.4 is 5.32 Å². The van der Waals surface area contributed by atoms with Crippen molar-refractivity contribution in [2.24, 2.45) is 0 Å². The van der Waals surface area contributed by atoms with Crippen LogP contribution >= 0.6 is 27.5 Å². The minimum absolute atomic E-state index is 0.175. The van der Waals surface area contributed by atoms with Crippen molar-refractivity contribution < 1.29 is 4.74 Å². The van der Waals surface area contributed by atoms with Crippen molar-refractivity contribution in [2.45, 2.75) is 31.8 Å². The van der Waals surface area contributed by atoms with Crippen LogP contribution in [0.15, 0.2) is 22.7 Å². The van der Waals surface area contributed by atoms with Crippen LogP contribution in [0.1, 0.15) is 25.3 Å². The third-order valence-electron chi connectivity index (χ3n) is 3.32. The molecule has 0 unspecified atom stereocenters. The second-order valence-corrected chi connectivity index (χ2v) is 6.09. The van der Waals surface area contributed by atoms with E-state index in [9.17, 15) is 0 Å². The summed E-state index contributed by atoms with van der Waals surface area (Å²) < 4.78 is 6.40. The van der Waals surface area contributed by atoms with Crippen molar-refractivity contribution in [1.82, 2.24) is 5.32 Å². The SMILES string of the molecule is CC1(NCc2ccc(Br)cc2Cl)CCOCC1. The third kappa shape index (κ3) is 3.68. The van der Waals surface area contributed by atoms with E-state index in [0.29, 0.717) is 0 Å². The van der Waals surface area contributed by atoms with Gasteiger partial charge in [-0.15, -0.1) is 0 Å². The average molecular weight is 319 g/mol. The van der Waals surface area contributed by atoms with E-state index in [2.05, 4.69) is 34.2 Å². The van der Waals surface area contributed by atoms with Gasteiger partial charge in [-0.25, -0.2) is 0 Å². The number of nitrogens with one attached hydrogen (secondary N) is 1. The first-order chi connectivity index (χ1) is 8.09. The van der Waals surface area contributed by atoms with Gasteiger partial charge < -0.3 is 10.1 Å². The number of rotatable bonds is 3. The van der Waals surface area contributed by atoms with E-state index < -0.39 is 0 Å². The summed E-state index contributed by atoms with van der Waals surface area (Å²) in [5.41, 5.74) is 1.32. The number of ether oxygens (including phenoxy) is 1. The summed E-state index contributed by atoms with van der Waals surface area (Å²) in [7, 11) is 0. The number of hydrogen-bond acceptors (Lipinski definition) is 2. The summed E-state index contributed by atoms with van der Waals surface area (Å²) in [6, 6.07) is 6.02. The normalized spacial score (nSPS) is 19.2. The van der Waals surface area contributed by atoms with E-state index in [1.165, 1.54) is 0 Å². The summed E-state index contributed by atoms with van der Waals surface area (Å²) in [6.07, 6.45) is 2.11. The molecule has 1 aromatic rings. The van der Waals surface area contributed by atoms with Crippen molar-refractivity contribution >= 4 is 27.5 Å². The predicted molar refractivity (Wildman–Crippen MR) is 74.4 cm³/mol. The van der Waals surface area contributed by atoms with Crippen molar-refractivity contribution in [3.8, 4) is 0 Å². The second-order valence-electron chi connectivity index (χ2n) is 4.76. The molecule has 1 fully saturated rings. The van der Waals surface area contributed by atoms with Crippen molar-refractivity contribution in [3.63, 3.8) is 0 Å². The van der Waals surface area contributed by atoms with Gasteiger partial charge in [0.2, 0.25) is 0 Å². The standard InChI is InChI=1S/C13H17BrClNO/c1-13(4-6-17-7-5-13)16-9-10-2-3-11(14)8-12(10)15/h2-3,8,16H,4-7,9H2,1H3. The maximum atomic E-state index is 6.20. The molecule has 1 saturated heterocycles. The van der Waals surface area contributed by atoms with Crippen molar-refractivity contribution in [1.29, 1.82) is 0 Å². The first-order valence-electron chi connectivity index (χ1n) is 5.86. The van der Waals surface area contributed by atoms with Crippen LogP contribution in [-0.2, 0) is 11.3 Å². The molecule has 17 heavy (non-hydrogen) atoms. The zero-order valence-electron chi connectivity index (χ0n) is 9.93. The van der Waals surface area contributed by atoms with Gasteiger partial charge in [-0.3, -0.25) is 0 Å². The molecule has 0 atom stereocenters. The highest BCUT2D eigenvalue weighted by Crippen LogP contribution is 2.24. The highest BCUT2D eigenvalue weighted by Gasteiger charge is 2.26. The Kier molecular flexibility index (Phi) is 4.47. The van der Waals surface area contributed by atoms with E-state index in [-0.39, 0.29) is 5.54 Å². The largest absolute Gasteiger partial charge is 0.381 e. The highest BCUT2D eigenvalue weighted by atomic mass is 79.9. The Bertz CT molecular complexity index is 391. The Hall–Kier alpha value is -0.0900. The minimum Gasteiger partial charge on any atom is -0.381 e. The fourth-order valence-corrected chi connectivity index (χ4v) is 2.71. The van der Waals surface area contributed by atoms with Crippen molar-refractivity contribution in [3.05, 3.63) is 33.3 Å². The van der Waals surface area contributed by atoms with Gasteiger partial charge in [0.1, 0.15) is 0 Å². The zero-order chi connectivity index (χ0) is 12.3. The molecule has 0 amide bonds. The Balaban J connectivity index is 1.97. The van der Waals surface area contributed by atoms with Crippen LogP contribution in [0, 0.1) is 0 Å². The molecule has 0 aromatic heterocycles. The summed E-state index contributed by atoms with van der Waals surface area (Å²) in [6.45, 7) is 4.75. The summed E-state index contributed by atoms with van der Waals surface area (Å²) >= 11 is 9.61. The van der Waals surface area contributed by atoms with Crippen LogP contribution in [0.4, 0.5) is 0 Å². The maximum Gasteiger partial charge on any atom is 0.0483 e. The lowest BCUT2D eigenvalue weighted by atomic mass is 9.92. The van der Waals surface area contributed by atoms with Gasteiger partial charge in [-0.05, 0) is 37.5 Å². The van der Waals surface area contributed by atoms with E-state index in [1.54, 1.807) is 0 Å². The maximum absolute atomic E-state index is 6.20. The Labute approximate surface area is 116 Å². The van der Waals surface area contributed by atoms with Crippen LogP contribution in [0.3, 0.4) is 0 Å². The van der Waals surface area contributed by atoms with Gasteiger partial charge >= 0.3 is 0 Å². The van der Waals surface area contributed by atoms with E-state index >= 15 is 0 Å². The summed E-state index contributed by atoms with van der Waals surface area (Å²) in [5.74, 6) is 0. The molecule has 0 saturated carbocycles. The quantitative estimate of drug-likeness (QED) is 0.916. The van der Waals surface area contributed by atoms with E-state index in [1.807, 2.05) is 12.1 Å². The molecule has 0 radical (unpaired) electrons. The first-order valence-corrected chi connectivity index (χ1v) is 7.03. The molecule has 1 N–H and O–H groups in total. The number of halogens is 2. The van der Waals surface area contributed by atoms with Gasteiger partial charge in [0.05, 0.1) is 0 Å². The van der Waals surface area contributed by atoms with Crippen LogP contribution in [0.2, 0.25) is 5.02 Å². The van der Waals surface area contributed by atoms with Gasteiger partial charge in [-0.2, -0.15) is 0 Å². The summed E-state index contributed by atoms with van der Waals surface area (Å²) in [4.78, 5) is 0. The highest BCUT2D eigenvalue weighted by molar-refractivity contribution is 9.10. The molecule has 0 bridgehead atoms. The lowest BCUT2D eigenvalue weighted by molar-refractivity contribution is 0.0446. The molecule has 0 spiro atoms. The van der Waals surface area contributed by atoms with Crippen LogP contribution in [0.25, 0.3) is 0 Å². The lowest BCUT2D eigenvalue weighted by Crippen LogP contribution is -2.46. The van der Waals surface area contributed by atoms with Crippen LogP contribution in [0.5, 0.6) is 0 Å². The molecule has 1 aliphatic heterocycles. The summed E-state index contributed by atoms with van der Waals surface area (Å²) in [5, 5.41) is 4.40. The molecule has 1 aliphatic rings. The minimum atomic E-state index is 0.175. The third-order valence-corrected chi connectivity index (χ3v) is 4.16. The fourth-order valence-electron chi connectivity index (χ4n) is 1.97. The molecule has 2 nitrogen and oxygen atoms in total. The van der Waals surface area contributed by atoms with Gasteiger partial charge in [0, 0.05) is 34.8 Å². The Morgan fingerprint density at radius 1 is 1.41 bits per heavy atom. The van der Waals surface area contributed by atoms with Crippen molar-refractivity contribution in [2.75, 3.05) is 13.2 Å². The van der Waals surface area contributed by atoms with Gasteiger partial charge in [-0.1, -0.05) is 33.6 Å². The molecule has 1 aromatic carbocycles. The van der Waals surface area contributed by atoms with E-state index in [0.717, 1.165) is 47.7 Å². The van der Waals surface area contributed by atoms with Crippen LogP contribution in [-0.4, -0.2) is 18.8 Å². The number of benzene rings is 1. The Morgan fingerprint density at radius 2 is 2.12 bits per heavy atom. The molecule has 94 valence electrons. The number of hydrogen-bond donors (Lipinski definition) is 1. The molecule has 2 rings (SSSR count). The molecule has 1 heterocycles. The lowest BCUT2D eigenvalue weighted by Gasteiger charge is -2.34. The van der Waals surface area contributed by atoms with E-state index in [4.69, 9.17) is 16.3 Å². The smallest absolute Gasteiger partial charge is 0.0483 e. The molecular weight excluding hydrogens is 302 g/mol. The molecular formula is C13H17BrClNO. The molecule has 0 aliphatic carbocycles. The zero-order valence-corrected chi connectivity index (χ0v) is 12.3. The van der Waals surface area contributed by atoms with Gasteiger partial charge in [0.15, 0.2) is 0 Å². The fraction of sp³-hybridized carbons (Fsp3) is 0.538. The first kappa shape index (κ1) is 13.3. The second kappa shape index (κ2) is 5.70. The topological polar surface area (TPSA) is 21.3 Å².